The molecule has 0 unspecified atom stereocenters. The molecule has 2 N–H and O–H groups in total. The van der Waals surface area contributed by atoms with Crippen LogP contribution in [0.4, 0.5) is 9.93 Å². The molecule has 3 aromatic heterocycles. The third-order valence-corrected chi connectivity index (χ3v) is 4.75. The van der Waals surface area contributed by atoms with E-state index in [1.54, 1.807) is 12.4 Å². The third-order valence-electron chi connectivity index (χ3n) is 3.76. The molecule has 0 fully saturated rings. The highest BCUT2D eigenvalue weighted by Gasteiger charge is 2.09. The second-order valence-corrected chi connectivity index (χ2v) is 6.92. The lowest BCUT2D eigenvalue weighted by atomic mass is 10.2. The maximum atomic E-state index is 12.1. The molecule has 0 aromatic carbocycles. The molecule has 27 heavy (non-hydrogen) atoms. The van der Waals surface area contributed by atoms with Crippen molar-refractivity contribution in [2.45, 2.75) is 13.3 Å². The summed E-state index contributed by atoms with van der Waals surface area (Å²) in [5, 5.41) is 6.16. The van der Waals surface area contributed by atoms with Crippen molar-refractivity contribution in [2.75, 3.05) is 11.9 Å². The molecule has 2 amide bonds. The van der Waals surface area contributed by atoms with Crippen molar-refractivity contribution in [3.05, 3.63) is 70.8 Å². The van der Waals surface area contributed by atoms with Crippen LogP contribution in [0.25, 0.3) is 0 Å². The zero-order valence-electron chi connectivity index (χ0n) is 15.2. The largest absolute Gasteiger partial charge is 0.337 e. The van der Waals surface area contributed by atoms with E-state index in [-0.39, 0.29) is 6.03 Å². The number of urea groups is 1. The van der Waals surface area contributed by atoms with Gasteiger partial charge in [-0.1, -0.05) is 17.3 Å². The Balaban J connectivity index is 1.52. The van der Waals surface area contributed by atoms with Crippen molar-refractivity contribution in [2.24, 2.45) is 7.05 Å². The molecule has 0 aliphatic carbocycles. The number of anilines is 1. The first-order chi connectivity index (χ1) is 13.1. The number of hydrogen-bond acceptors (Lipinski definition) is 4. The van der Waals surface area contributed by atoms with E-state index in [4.69, 9.17) is 0 Å². The predicted octanol–water partition coefficient (Wildman–Crippen LogP) is 2.44. The van der Waals surface area contributed by atoms with E-state index < -0.39 is 0 Å². The lowest BCUT2D eigenvalue weighted by Crippen LogP contribution is -2.31. The van der Waals surface area contributed by atoms with E-state index in [1.807, 2.05) is 55.2 Å². The maximum absolute atomic E-state index is 12.1. The van der Waals surface area contributed by atoms with E-state index in [0.29, 0.717) is 11.7 Å². The minimum atomic E-state index is -0.265. The number of aryl methyl sites for hydroxylation is 2. The molecule has 3 aromatic rings. The Bertz CT molecular complexity index is 971. The second-order valence-electron chi connectivity index (χ2n) is 5.92. The Hall–Kier alpha value is -3.24. The molecule has 0 saturated carbocycles. The van der Waals surface area contributed by atoms with Crippen LogP contribution < -0.4 is 15.2 Å². The zero-order chi connectivity index (χ0) is 19.1. The summed E-state index contributed by atoms with van der Waals surface area (Å²) < 4.78 is 1.98. The average molecular weight is 378 g/mol. The van der Waals surface area contributed by atoms with Gasteiger partial charge in [-0.05, 0) is 37.0 Å². The zero-order valence-corrected chi connectivity index (χ0v) is 16.0. The van der Waals surface area contributed by atoms with Gasteiger partial charge in [0.05, 0.1) is 5.69 Å². The first-order valence-corrected chi connectivity index (χ1v) is 9.30. The van der Waals surface area contributed by atoms with E-state index in [9.17, 15) is 4.79 Å². The van der Waals surface area contributed by atoms with Crippen LogP contribution in [-0.4, -0.2) is 22.5 Å². The van der Waals surface area contributed by atoms with Gasteiger partial charge in [-0.2, -0.15) is 0 Å². The Morgan fingerprint density at radius 2 is 1.93 bits per heavy atom. The van der Waals surface area contributed by atoms with Crippen molar-refractivity contribution in [3.63, 3.8) is 0 Å². The first-order valence-electron chi connectivity index (χ1n) is 8.48. The summed E-state index contributed by atoms with van der Waals surface area (Å²) in [7, 11) is 1.97. The van der Waals surface area contributed by atoms with Crippen LogP contribution in [0.15, 0.2) is 49.1 Å². The standard InChI is InChI=1S/C20H19N5OS/c1-15-18(4-3-16-5-10-21-11-6-16)27-20(23-15)24-19(26)22-12-7-17-8-13-25(2)14-9-17/h5-6,8-11,13-14H,7,12H2,1-2H3,(H-,21,22,23,24,26)/p+1. The topological polar surface area (TPSA) is 70.8 Å². The van der Waals surface area contributed by atoms with Gasteiger partial charge in [0, 0.05) is 36.6 Å². The molecular formula is C20H20N5OS+. The molecule has 136 valence electrons. The van der Waals surface area contributed by atoms with Gasteiger partial charge in [0.25, 0.3) is 0 Å². The van der Waals surface area contributed by atoms with Gasteiger partial charge in [0.15, 0.2) is 17.5 Å². The Labute approximate surface area is 162 Å². The molecule has 0 radical (unpaired) electrons. The number of nitrogens with zero attached hydrogens (tertiary/aromatic N) is 3. The summed E-state index contributed by atoms with van der Waals surface area (Å²) in [4.78, 5) is 21.2. The number of carbonyl (C=O) groups is 1. The van der Waals surface area contributed by atoms with Crippen molar-refractivity contribution in [3.8, 4) is 11.8 Å². The van der Waals surface area contributed by atoms with Gasteiger partial charge >= 0.3 is 6.03 Å². The molecule has 6 nitrogen and oxygen atoms in total. The molecule has 3 rings (SSSR count). The van der Waals surface area contributed by atoms with Gasteiger partial charge < -0.3 is 5.32 Å². The molecule has 0 atom stereocenters. The summed E-state index contributed by atoms with van der Waals surface area (Å²) >= 11 is 1.36. The van der Waals surface area contributed by atoms with Crippen LogP contribution in [0.3, 0.4) is 0 Å². The van der Waals surface area contributed by atoms with Crippen molar-refractivity contribution in [1.29, 1.82) is 0 Å². The Kier molecular flexibility index (Phi) is 6.13. The van der Waals surface area contributed by atoms with Crippen LogP contribution in [0.5, 0.6) is 0 Å². The summed E-state index contributed by atoms with van der Waals surface area (Å²) in [6.45, 7) is 2.43. The van der Waals surface area contributed by atoms with Gasteiger partial charge in [0.1, 0.15) is 11.9 Å². The van der Waals surface area contributed by atoms with Crippen LogP contribution in [0.1, 0.15) is 21.7 Å². The molecule has 7 heteroatoms. The maximum Gasteiger partial charge on any atom is 0.321 e. The Morgan fingerprint density at radius 1 is 1.19 bits per heavy atom. The summed E-state index contributed by atoms with van der Waals surface area (Å²) in [5.41, 5.74) is 2.86. The Morgan fingerprint density at radius 3 is 2.67 bits per heavy atom. The van der Waals surface area contributed by atoms with Crippen LogP contribution in [0.2, 0.25) is 0 Å². The number of pyridine rings is 2. The summed E-state index contributed by atoms with van der Waals surface area (Å²) in [6.07, 6.45) is 8.16. The fourth-order valence-corrected chi connectivity index (χ4v) is 3.11. The summed E-state index contributed by atoms with van der Waals surface area (Å²) in [5.74, 6) is 6.17. The van der Waals surface area contributed by atoms with E-state index in [2.05, 4.69) is 32.4 Å². The molecule has 0 aliphatic rings. The third kappa shape index (κ3) is 5.62. The molecule has 0 saturated heterocycles. The lowest BCUT2D eigenvalue weighted by molar-refractivity contribution is -0.671. The van der Waals surface area contributed by atoms with Crippen molar-refractivity contribution in [1.82, 2.24) is 15.3 Å². The van der Waals surface area contributed by atoms with Crippen molar-refractivity contribution < 1.29 is 9.36 Å². The monoisotopic (exact) mass is 378 g/mol. The number of amides is 2. The fourth-order valence-electron chi connectivity index (χ4n) is 2.29. The minimum absolute atomic E-state index is 0.265. The quantitative estimate of drug-likeness (QED) is 0.541. The van der Waals surface area contributed by atoms with E-state index in [0.717, 1.165) is 22.6 Å². The average Bonchev–Trinajstić information content (AvgIpc) is 3.01. The highest BCUT2D eigenvalue weighted by Crippen LogP contribution is 2.21. The predicted molar refractivity (Wildman–Crippen MR) is 105 cm³/mol. The number of thiazole rings is 1. The lowest BCUT2D eigenvalue weighted by Gasteiger charge is -2.05. The molecule has 0 spiro atoms. The van der Waals surface area contributed by atoms with Gasteiger partial charge in [0.2, 0.25) is 0 Å². The number of nitrogens with one attached hydrogen (secondary N) is 2. The van der Waals surface area contributed by atoms with Crippen LogP contribution >= 0.6 is 11.3 Å². The van der Waals surface area contributed by atoms with Crippen LogP contribution in [0, 0.1) is 18.8 Å². The first kappa shape index (κ1) is 18.5. The van der Waals surface area contributed by atoms with Crippen molar-refractivity contribution >= 4 is 22.5 Å². The molecule has 3 heterocycles. The number of aromatic nitrogens is 3. The molecule has 0 bridgehead atoms. The number of rotatable bonds is 4. The van der Waals surface area contributed by atoms with Crippen LogP contribution in [-0.2, 0) is 13.5 Å². The number of hydrogen-bond donors (Lipinski definition) is 2. The highest BCUT2D eigenvalue weighted by atomic mass is 32.1. The molecular weight excluding hydrogens is 358 g/mol. The summed E-state index contributed by atoms with van der Waals surface area (Å²) in [6, 6.07) is 7.51. The smallest absolute Gasteiger partial charge is 0.321 e. The van der Waals surface area contributed by atoms with Gasteiger partial charge in [-0.15, -0.1) is 0 Å². The molecule has 0 aliphatic heterocycles. The van der Waals surface area contributed by atoms with E-state index in [1.165, 1.54) is 16.9 Å². The van der Waals surface area contributed by atoms with Gasteiger partial charge in [-0.3, -0.25) is 10.3 Å². The second kappa shape index (κ2) is 8.92. The number of carbonyl (C=O) groups excluding carboxylic acids is 1. The highest BCUT2D eigenvalue weighted by molar-refractivity contribution is 7.16. The van der Waals surface area contributed by atoms with E-state index >= 15 is 0 Å². The van der Waals surface area contributed by atoms with Gasteiger partial charge in [-0.25, -0.2) is 14.3 Å². The minimum Gasteiger partial charge on any atom is -0.337 e. The SMILES string of the molecule is Cc1nc(NC(=O)NCCc2cc[n+](C)cc2)sc1C#Cc1ccncc1. The fraction of sp³-hybridized carbons (Fsp3) is 0.200. The normalized spacial score (nSPS) is 10.0.